The highest BCUT2D eigenvalue weighted by molar-refractivity contribution is 5.81. The third kappa shape index (κ3) is 2.45. The Labute approximate surface area is 110 Å². The van der Waals surface area contributed by atoms with Crippen LogP contribution in [0.4, 0.5) is 11.6 Å². The summed E-state index contributed by atoms with van der Waals surface area (Å²) < 4.78 is 0. The summed E-state index contributed by atoms with van der Waals surface area (Å²) in [4.78, 5) is 19.2. The van der Waals surface area contributed by atoms with Gasteiger partial charge in [0.1, 0.15) is 0 Å². The number of nitrogens with one attached hydrogen (secondary N) is 2. The van der Waals surface area contributed by atoms with Gasteiger partial charge in [-0.25, -0.2) is 4.98 Å². The smallest absolute Gasteiger partial charge is 0.260 e. The second-order valence-electron chi connectivity index (χ2n) is 4.82. The van der Waals surface area contributed by atoms with E-state index in [2.05, 4.69) is 27.4 Å². The average molecular weight is 256 g/mol. The van der Waals surface area contributed by atoms with E-state index in [0.29, 0.717) is 28.6 Å². The van der Waals surface area contributed by atoms with Crippen molar-refractivity contribution in [3.8, 4) is 0 Å². The first-order valence-electron chi connectivity index (χ1n) is 6.43. The number of nitrogen functional groups attached to an aromatic ring is 1. The quantitative estimate of drug-likeness (QED) is 0.567. The molecule has 1 aromatic heterocycles. The highest BCUT2D eigenvalue weighted by Crippen LogP contribution is 2.16. The molecule has 0 radical (unpaired) electrons. The predicted octanol–water partition coefficient (Wildman–Crippen LogP) is 2.03. The highest BCUT2D eigenvalue weighted by atomic mass is 16.1. The van der Waals surface area contributed by atoms with E-state index in [4.69, 9.17) is 5.73 Å². The maximum absolute atomic E-state index is 12.0. The van der Waals surface area contributed by atoms with Gasteiger partial charge >= 0.3 is 0 Å². The molecule has 19 heavy (non-hydrogen) atoms. The minimum absolute atomic E-state index is 0.161. The summed E-state index contributed by atoms with van der Waals surface area (Å²) in [5.41, 5.74) is 6.74. The van der Waals surface area contributed by atoms with Gasteiger partial charge in [-0.05, 0) is 37.5 Å². The molecule has 3 rings (SSSR count). The van der Waals surface area contributed by atoms with Crippen LogP contribution in [-0.2, 0) is 0 Å². The molecular formula is C14H16N4O. The summed E-state index contributed by atoms with van der Waals surface area (Å²) in [7, 11) is 0. The van der Waals surface area contributed by atoms with Gasteiger partial charge in [-0.2, -0.15) is 0 Å². The van der Waals surface area contributed by atoms with Crippen LogP contribution in [0, 0.1) is 0 Å². The zero-order valence-electron chi connectivity index (χ0n) is 10.5. The van der Waals surface area contributed by atoms with Gasteiger partial charge in [0, 0.05) is 11.7 Å². The normalized spacial score (nSPS) is 18.6. The summed E-state index contributed by atoms with van der Waals surface area (Å²) in [6, 6.07) is 5.50. The Morgan fingerprint density at radius 1 is 1.37 bits per heavy atom. The number of H-pyrrole nitrogens is 1. The topological polar surface area (TPSA) is 83.8 Å². The van der Waals surface area contributed by atoms with Crippen LogP contribution in [0.2, 0.25) is 0 Å². The molecule has 0 saturated carbocycles. The summed E-state index contributed by atoms with van der Waals surface area (Å²) in [5.74, 6) is 0.530. The van der Waals surface area contributed by atoms with Crippen molar-refractivity contribution in [3.63, 3.8) is 0 Å². The first-order valence-corrected chi connectivity index (χ1v) is 6.43. The van der Waals surface area contributed by atoms with Gasteiger partial charge < -0.3 is 11.1 Å². The van der Waals surface area contributed by atoms with Crippen molar-refractivity contribution in [2.45, 2.75) is 25.3 Å². The van der Waals surface area contributed by atoms with Crippen molar-refractivity contribution in [2.24, 2.45) is 0 Å². The standard InChI is InChI=1S/C14H16N4O/c15-9-6-7-12-11(8-9)13(19)18-14(17-12)16-10-4-2-1-3-5-10/h1-2,6-8,10H,3-5,15H2,(H2,16,17,18,19). The zero-order chi connectivity index (χ0) is 13.2. The molecule has 4 N–H and O–H groups in total. The Morgan fingerprint density at radius 3 is 3.05 bits per heavy atom. The van der Waals surface area contributed by atoms with Gasteiger partial charge in [-0.1, -0.05) is 12.2 Å². The summed E-state index contributed by atoms with van der Waals surface area (Å²) >= 11 is 0. The summed E-state index contributed by atoms with van der Waals surface area (Å²) in [5, 5.41) is 3.80. The van der Waals surface area contributed by atoms with Crippen LogP contribution < -0.4 is 16.6 Å². The Morgan fingerprint density at radius 2 is 2.26 bits per heavy atom. The maximum Gasteiger partial charge on any atom is 0.260 e. The fourth-order valence-corrected chi connectivity index (χ4v) is 2.34. The van der Waals surface area contributed by atoms with E-state index < -0.39 is 0 Å². The Hall–Kier alpha value is -2.30. The number of hydrogen-bond donors (Lipinski definition) is 3. The number of aromatic nitrogens is 2. The number of nitrogens with two attached hydrogens (primary N) is 1. The van der Waals surface area contributed by atoms with E-state index in [1.54, 1.807) is 18.2 Å². The van der Waals surface area contributed by atoms with Crippen molar-refractivity contribution in [3.05, 3.63) is 40.7 Å². The van der Waals surface area contributed by atoms with E-state index in [1.807, 2.05) is 0 Å². The molecule has 0 fully saturated rings. The number of fused-ring (bicyclic) bond motifs is 1. The first-order chi connectivity index (χ1) is 9.22. The molecule has 5 heteroatoms. The average Bonchev–Trinajstić information content (AvgIpc) is 2.41. The highest BCUT2D eigenvalue weighted by Gasteiger charge is 2.11. The molecular weight excluding hydrogens is 240 g/mol. The van der Waals surface area contributed by atoms with Crippen LogP contribution in [0.1, 0.15) is 19.3 Å². The van der Waals surface area contributed by atoms with Gasteiger partial charge in [-0.15, -0.1) is 0 Å². The van der Waals surface area contributed by atoms with E-state index in [-0.39, 0.29) is 5.56 Å². The van der Waals surface area contributed by atoms with Crippen molar-refractivity contribution in [1.82, 2.24) is 9.97 Å². The number of allylic oxidation sites excluding steroid dienone is 1. The molecule has 1 unspecified atom stereocenters. The number of aromatic amines is 1. The van der Waals surface area contributed by atoms with Crippen LogP contribution in [0.25, 0.3) is 10.9 Å². The molecule has 98 valence electrons. The molecule has 1 aromatic carbocycles. The van der Waals surface area contributed by atoms with Crippen LogP contribution in [-0.4, -0.2) is 16.0 Å². The fraction of sp³-hybridized carbons (Fsp3) is 0.286. The summed E-state index contributed by atoms with van der Waals surface area (Å²) in [6.07, 6.45) is 7.41. The van der Waals surface area contributed by atoms with Gasteiger partial charge in [-0.3, -0.25) is 9.78 Å². The van der Waals surface area contributed by atoms with Crippen molar-refractivity contribution >= 4 is 22.5 Å². The SMILES string of the molecule is Nc1ccc2nc(NC3CC=CCC3)[nH]c(=O)c2c1. The van der Waals surface area contributed by atoms with Crippen LogP contribution in [0.15, 0.2) is 35.1 Å². The minimum atomic E-state index is -0.161. The zero-order valence-corrected chi connectivity index (χ0v) is 10.5. The molecule has 1 aliphatic rings. The lowest BCUT2D eigenvalue weighted by Gasteiger charge is -2.19. The lowest BCUT2D eigenvalue weighted by Crippen LogP contribution is -2.23. The maximum atomic E-state index is 12.0. The van der Waals surface area contributed by atoms with Gasteiger partial charge in [0.25, 0.3) is 5.56 Å². The van der Waals surface area contributed by atoms with Crippen LogP contribution in [0.3, 0.4) is 0 Å². The Bertz CT molecular complexity index is 689. The third-order valence-corrected chi connectivity index (χ3v) is 3.34. The molecule has 0 spiro atoms. The number of anilines is 2. The number of rotatable bonds is 2. The fourth-order valence-electron chi connectivity index (χ4n) is 2.34. The van der Waals surface area contributed by atoms with Crippen molar-refractivity contribution in [1.29, 1.82) is 0 Å². The minimum Gasteiger partial charge on any atom is -0.399 e. The molecule has 0 amide bonds. The molecule has 2 aromatic rings. The number of nitrogens with zero attached hydrogens (tertiary/aromatic N) is 1. The molecule has 0 saturated heterocycles. The largest absolute Gasteiger partial charge is 0.399 e. The molecule has 0 bridgehead atoms. The van der Waals surface area contributed by atoms with Crippen LogP contribution in [0.5, 0.6) is 0 Å². The number of benzene rings is 1. The molecule has 1 aliphatic carbocycles. The van der Waals surface area contributed by atoms with Gasteiger partial charge in [0.15, 0.2) is 0 Å². The molecule has 0 aliphatic heterocycles. The predicted molar refractivity (Wildman–Crippen MR) is 77.2 cm³/mol. The molecule has 1 heterocycles. The van der Waals surface area contributed by atoms with Crippen molar-refractivity contribution < 1.29 is 0 Å². The summed E-state index contributed by atoms with van der Waals surface area (Å²) in [6.45, 7) is 0. The van der Waals surface area contributed by atoms with Crippen molar-refractivity contribution in [2.75, 3.05) is 11.1 Å². The van der Waals surface area contributed by atoms with E-state index in [1.165, 1.54) is 0 Å². The monoisotopic (exact) mass is 256 g/mol. The van der Waals surface area contributed by atoms with Gasteiger partial charge in [0.05, 0.1) is 10.9 Å². The van der Waals surface area contributed by atoms with E-state index in [0.717, 1.165) is 19.3 Å². The second kappa shape index (κ2) is 4.76. The van der Waals surface area contributed by atoms with Crippen LogP contribution >= 0.6 is 0 Å². The second-order valence-corrected chi connectivity index (χ2v) is 4.82. The molecule has 1 atom stereocenters. The Balaban J connectivity index is 1.94. The first kappa shape index (κ1) is 11.8. The molecule has 5 nitrogen and oxygen atoms in total. The van der Waals surface area contributed by atoms with Gasteiger partial charge in [0.2, 0.25) is 5.95 Å². The van der Waals surface area contributed by atoms with E-state index in [9.17, 15) is 4.79 Å². The number of hydrogen-bond acceptors (Lipinski definition) is 4. The third-order valence-electron chi connectivity index (χ3n) is 3.34. The Kier molecular flexibility index (Phi) is 2.95. The lowest BCUT2D eigenvalue weighted by atomic mass is 10.0. The lowest BCUT2D eigenvalue weighted by molar-refractivity contribution is 0.639. The van der Waals surface area contributed by atoms with E-state index >= 15 is 0 Å².